The van der Waals surface area contributed by atoms with Gasteiger partial charge in [-0.25, -0.2) is 4.79 Å². The second kappa shape index (κ2) is 5.44. The Kier molecular flexibility index (Phi) is 3.92. The molecule has 0 atom stereocenters. The number of hydrogen-bond acceptors (Lipinski definition) is 3. The normalized spacial score (nSPS) is 15.2. The lowest BCUT2D eigenvalue weighted by molar-refractivity contribution is 0.0683. The fourth-order valence-corrected chi connectivity index (χ4v) is 2.16. The van der Waals surface area contributed by atoms with Crippen molar-refractivity contribution in [3.8, 4) is 5.75 Å². The number of carbonyl (C=O) groups is 1. The van der Waals surface area contributed by atoms with E-state index in [4.69, 9.17) is 4.74 Å². The van der Waals surface area contributed by atoms with Gasteiger partial charge in [0.1, 0.15) is 25.3 Å². The van der Waals surface area contributed by atoms with Crippen molar-refractivity contribution in [2.45, 2.75) is 25.8 Å². The van der Waals surface area contributed by atoms with Gasteiger partial charge in [0.15, 0.2) is 0 Å². The highest BCUT2D eigenvalue weighted by Crippen LogP contribution is 2.27. The zero-order chi connectivity index (χ0) is 13.1. The van der Waals surface area contributed by atoms with Crippen LogP contribution in [0.25, 0.3) is 0 Å². The fraction of sp³-hybridized carbons (Fsp3) is 0.462. The summed E-state index contributed by atoms with van der Waals surface area (Å²) < 4.78 is 5.71. The Hall–Kier alpha value is -1.49. The van der Waals surface area contributed by atoms with Crippen molar-refractivity contribution in [3.63, 3.8) is 0 Å². The van der Waals surface area contributed by atoms with Crippen LogP contribution in [0.15, 0.2) is 12.1 Å². The third-order valence-electron chi connectivity index (χ3n) is 3.31. The van der Waals surface area contributed by atoms with Crippen LogP contribution in [0.1, 0.15) is 21.5 Å². The van der Waals surface area contributed by atoms with Crippen LogP contribution in [0.3, 0.4) is 0 Å². The van der Waals surface area contributed by atoms with Crippen molar-refractivity contribution in [2.24, 2.45) is 0 Å². The summed E-state index contributed by atoms with van der Waals surface area (Å²) in [5.41, 5.74) is 2.23. The van der Waals surface area contributed by atoms with Crippen LogP contribution in [-0.2, 0) is 6.42 Å². The number of rotatable bonds is 5. The molecule has 0 amide bonds. The molecule has 0 bridgehead atoms. The molecule has 1 saturated heterocycles. The molecule has 1 aromatic carbocycles. The van der Waals surface area contributed by atoms with Crippen molar-refractivity contribution in [1.82, 2.24) is 5.32 Å². The lowest BCUT2D eigenvalue weighted by atomic mass is 9.92. The minimum Gasteiger partial charge on any atom is -0.487 e. The molecule has 4 nitrogen and oxygen atoms in total. The van der Waals surface area contributed by atoms with Gasteiger partial charge in [-0.15, -0.1) is 0 Å². The van der Waals surface area contributed by atoms with E-state index in [-0.39, 0.29) is 6.10 Å². The van der Waals surface area contributed by atoms with Gasteiger partial charge in [0.05, 0.1) is 0 Å². The number of benzene rings is 1. The Morgan fingerprint density at radius 1 is 1.56 bits per heavy atom. The predicted molar refractivity (Wildman–Crippen MR) is 72.5 cm³/mol. The molecule has 1 fully saturated rings. The first-order valence-electron chi connectivity index (χ1n) is 6.36. The largest absolute Gasteiger partial charge is 0.487 e. The molecular formula is C13H18BNO3. The van der Waals surface area contributed by atoms with E-state index in [1.54, 1.807) is 6.07 Å². The third kappa shape index (κ3) is 2.51. The third-order valence-corrected chi connectivity index (χ3v) is 3.31. The lowest BCUT2D eigenvalue weighted by Gasteiger charge is -2.29. The highest BCUT2D eigenvalue weighted by Gasteiger charge is 2.23. The highest BCUT2D eigenvalue weighted by atomic mass is 16.5. The molecule has 0 radical (unpaired) electrons. The first kappa shape index (κ1) is 13.0. The SMILES string of the molecule is BCCc1ccc(OC2CNC2)c(C(=O)O)c1C. The van der Waals surface area contributed by atoms with E-state index in [9.17, 15) is 9.90 Å². The Labute approximate surface area is 108 Å². The van der Waals surface area contributed by atoms with Gasteiger partial charge in [-0.2, -0.15) is 0 Å². The van der Waals surface area contributed by atoms with Crippen LogP contribution < -0.4 is 10.1 Å². The molecule has 0 aliphatic carbocycles. The summed E-state index contributed by atoms with van der Waals surface area (Å²) in [4.78, 5) is 11.4. The summed E-state index contributed by atoms with van der Waals surface area (Å²) in [5, 5.41) is 12.5. The van der Waals surface area contributed by atoms with E-state index in [1.165, 1.54) is 0 Å². The molecule has 0 unspecified atom stereocenters. The number of carboxylic acid groups (broad SMARTS) is 1. The molecule has 0 aromatic heterocycles. The number of carboxylic acids is 1. The summed E-state index contributed by atoms with van der Waals surface area (Å²) in [7, 11) is 2.09. The molecule has 2 rings (SSSR count). The summed E-state index contributed by atoms with van der Waals surface area (Å²) in [6.45, 7) is 3.43. The molecule has 5 heteroatoms. The van der Waals surface area contributed by atoms with Gasteiger partial charge in [0.2, 0.25) is 0 Å². The van der Waals surface area contributed by atoms with Gasteiger partial charge >= 0.3 is 5.97 Å². The molecule has 18 heavy (non-hydrogen) atoms. The van der Waals surface area contributed by atoms with Gasteiger partial charge in [-0.05, 0) is 30.5 Å². The van der Waals surface area contributed by atoms with Gasteiger partial charge in [0, 0.05) is 13.1 Å². The van der Waals surface area contributed by atoms with Crippen LogP contribution in [0.2, 0.25) is 6.32 Å². The second-order valence-electron chi connectivity index (χ2n) is 4.68. The molecular weight excluding hydrogens is 229 g/mol. The van der Waals surface area contributed by atoms with Crippen LogP contribution in [0, 0.1) is 6.92 Å². The molecule has 1 aliphatic heterocycles. The van der Waals surface area contributed by atoms with Crippen LogP contribution >= 0.6 is 0 Å². The van der Waals surface area contributed by atoms with Crippen molar-refractivity contribution in [2.75, 3.05) is 13.1 Å². The smallest absolute Gasteiger partial charge is 0.339 e. The Balaban J connectivity index is 2.33. The number of aryl methyl sites for hydroxylation is 1. The van der Waals surface area contributed by atoms with Gasteiger partial charge in [-0.1, -0.05) is 12.4 Å². The van der Waals surface area contributed by atoms with E-state index in [0.717, 1.165) is 37.0 Å². The van der Waals surface area contributed by atoms with Crippen LogP contribution in [0.4, 0.5) is 0 Å². The summed E-state index contributed by atoms with van der Waals surface area (Å²) in [6.07, 6.45) is 2.00. The highest BCUT2D eigenvalue weighted by molar-refractivity contribution is 6.08. The quantitative estimate of drug-likeness (QED) is 0.749. The fourth-order valence-electron chi connectivity index (χ4n) is 2.16. The Morgan fingerprint density at radius 3 is 2.78 bits per heavy atom. The number of aromatic carboxylic acids is 1. The first-order valence-corrected chi connectivity index (χ1v) is 6.36. The molecule has 2 N–H and O–H groups in total. The van der Waals surface area contributed by atoms with Gasteiger partial charge in [0.25, 0.3) is 0 Å². The van der Waals surface area contributed by atoms with Crippen LogP contribution in [-0.4, -0.2) is 38.1 Å². The average molecular weight is 247 g/mol. The molecule has 0 spiro atoms. The summed E-state index contributed by atoms with van der Waals surface area (Å²) >= 11 is 0. The zero-order valence-electron chi connectivity index (χ0n) is 10.8. The van der Waals surface area contributed by atoms with Crippen LogP contribution in [0.5, 0.6) is 5.75 Å². The minimum atomic E-state index is -0.910. The maximum atomic E-state index is 11.4. The average Bonchev–Trinajstić information content (AvgIpc) is 2.26. The van der Waals surface area contributed by atoms with Crippen molar-refractivity contribution in [3.05, 3.63) is 28.8 Å². The molecule has 1 aliphatic rings. The van der Waals surface area contributed by atoms with Crippen molar-refractivity contribution in [1.29, 1.82) is 0 Å². The van der Waals surface area contributed by atoms with E-state index in [1.807, 2.05) is 13.0 Å². The molecule has 1 aromatic rings. The maximum Gasteiger partial charge on any atom is 0.339 e. The molecule has 0 saturated carbocycles. The standard InChI is InChI=1S/C13H18BNO3/c1-8-9(4-5-14)2-3-11(12(8)13(16)17)18-10-6-15-7-10/h2-3,10,15H,4-7,14H2,1H3,(H,16,17). The van der Waals surface area contributed by atoms with E-state index in [2.05, 4.69) is 13.2 Å². The van der Waals surface area contributed by atoms with Gasteiger partial charge < -0.3 is 15.2 Å². The van der Waals surface area contributed by atoms with Gasteiger partial charge in [-0.3, -0.25) is 0 Å². The summed E-state index contributed by atoms with van der Waals surface area (Å²) in [6, 6.07) is 3.77. The number of hydrogen-bond donors (Lipinski definition) is 2. The topological polar surface area (TPSA) is 58.6 Å². The minimum absolute atomic E-state index is 0.0968. The molecule has 96 valence electrons. The number of nitrogens with one attached hydrogen (secondary N) is 1. The maximum absolute atomic E-state index is 11.4. The second-order valence-corrected chi connectivity index (χ2v) is 4.68. The van der Waals surface area contributed by atoms with E-state index >= 15 is 0 Å². The zero-order valence-corrected chi connectivity index (χ0v) is 10.8. The lowest BCUT2D eigenvalue weighted by Crippen LogP contribution is -2.50. The monoisotopic (exact) mass is 247 g/mol. The van der Waals surface area contributed by atoms with E-state index < -0.39 is 5.97 Å². The number of ether oxygens (including phenoxy) is 1. The van der Waals surface area contributed by atoms with Crippen molar-refractivity contribution < 1.29 is 14.6 Å². The Bertz CT molecular complexity index is 458. The summed E-state index contributed by atoms with van der Waals surface area (Å²) in [5.74, 6) is -0.418. The Morgan fingerprint density at radius 2 is 2.28 bits per heavy atom. The first-order chi connectivity index (χ1) is 8.63. The van der Waals surface area contributed by atoms with E-state index in [0.29, 0.717) is 11.3 Å². The van der Waals surface area contributed by atoms with Crippen molar-refractivity contribution >= 4 is 13.8 Å². The predicted octanol–water partition coefficient (Wildman–Crippen LogP) is 0.638. The molecule has 1 heterocycles.